The number of benzene rings is 2. The van der Waals surface area contributed by atoms with Gasteiger partial charge in [0.05, 0.1) is 15.4 Å². The molecule has 1 aromatic heterocycles. The Morgan fingerprint density at radius 2 is 1.56 bits per heavy atom. The monoisotopic (exact) mass is 364 g/mol. The smallest absolute Gasteiger partial charge is 0.301 e. The van der Waals surface area contributed by atoms with Crippen LogP contribution >= 0.6 is 0 Å². The van der Waals surface area contributed by atoms with Gasteiger partial charge in [-0.25, -0.2) is 4.98 Å². The summed E-state index contributed by atoms with van der Waals surface area (Å²) >= 11 is 0. The Morgan fingerprint density at radius 3 is 2.15 bits per heavy atom. The average Bonchev–Trinajstić information content (AvgIpc) is 2.68. The highest BCUT2D eigenvalue weighted by Crippen LogP contribution is 2.34. The summed E-state index contributed by atoms with van der Waals surface area (Å²) in [6.45, 7) is 0. The fourth-order valence-corrected chi connectivity index (χ4v) is 2.50. The minimum absolute atomic E-state index is 0.113. The van der Waals surface area contributed by atoms with E-state index in [2.05, 4.69) is 10.3 Å². The summed E-state index contributed by atoms with van der Waals surface area (Å²) < 4.78 is 0. The normalized spacial score (nSPS) is 10.2. The third kappa shape index (κ3) is 3.76. The molecule has 0 fully saturated rings. The number of carbonyl (C=O) groups excluding carboxylic acids is 1. The van der Waals surface area contributed by atoms with Crippen molar-refractivity contribution in [3.63, 3.8) is 0 Å². The molecule has 0 spiro atoms. The first-order chi connectivity index (χ1) is 13.0. The highest BCUT2D eigenvalue weighted by molar-refractivity contribution is 6.05. The van der Waals surface area contributed by atoms with Gasteiger partial charge in [-0.2, -0.15) is 0 Å². The molecule has 3 aromatic rings. The Bertz CT molecular complexity index is 1020. The summed E-state index contributed by atoms with van der Waals surface area (Å²) in [7, 11) is 0. The van der Waals surface area contributed by atoms with Crippen molar-refractivity contribution in [1.29, 1.82) is 0 Å². The summed E-state index contributed by atoms with van der Waals surface area (Å²) in [5.41, 5.74) is 0.537. The molecule has 1 heterocycles. The van der Waals surface area contributed by atoms with Crippen LogP contribution in [0.1, 0.15) is 10.4 Å². The van der Waals surface area contributed by atoms with Crippen LogP contribution in [0.3, 0.4) is 0 Å². The van der Waals surface area contributed by atoms with Crippen molar-refractivity contribution in [2.24, 2.45) is 0 Å². The summed E-state index contributed by atoms with van der Waals surface area (Å²) in [5, 5.41) is 24.7. The van der Waals surface area contributed by atoms with E-state index in [1.54, 1.807) is 30.3 Å². The van der Waals surface area contributed by atoms with E-state index in [4.69, 9.17) is 0 Å². The maximum Gasteiger partial charge on any atom is 0.319 e. The van der Waals surface area contributed by atoms with E-state index in [-0.39, 0.29) is 22.8 Å². The minimum Gasteiger partial charge on any atom is -0.301 e. The van der Waals surface area contributed by atoms with Gasteiger partial charge in [0, 0.05) is 23.9 Å². The third-order valence-corrected chi connectivity index (χ3v) is 3.76. The van der Waals surface area contributed by atoms with Gasteiger partial charge < -0.3 is 5.32 Å². The molecule has 2 aromatic carbocycles. The predicted octanol–water partition coefficient (Wildman–Crippen LogP) is 3.82. The zero-order valence-electron chi connectivity index (χ0n) is 13.7. The second-order valence-electron chi connectivity index (χ2n) is 5.44. The van der Waals surface area contributed by atoms with E-state index >= 15 is 0 Å². The maximum atomic E-state index is 12.4. The van der Waals surface area contributed by atoms with E-state index < -0.39 is 15.8 Å². The molecule has 0 unspecified atom stereocenters. The third-order valence-electron chi connectivity index (χ3n) is 3.76. The Morgan fingerprint density at radius 1 is 0.889 bits per heavy atom. The number of hydrogen-bond acceptors (Lipinski definition) is 6. The SMILES string of the molecule is O=C(Nc1nccc(-c2ccccc2)c1[N+](=O)[O-])c1ccc([N+](=O)[O-])cc1. The van der Waals surface area contributed by atoms with Gasteiger partial charge in [-0.15, -0.1) is 0 Å². The molecule has 1 N–H and O–H groups in total. The zero-order valence-corrected chi connectivity index (χ0v) is 13.7. The molecule has 0 saturated carbocycles. The van der Waals surface area contributed by atoms with Gasteiger partial charge in [-0.05, 0) is 23.8 Å². The second-order valence-corrected chi connectivity index (χ2v) is 5.44. The maximum absolute atomic E-state index is 12.4. The van der Waals surface area contributed by atoms with Crippen LogP contribution in [0.4, 0.5) is 17.2 Å². The number of hydrogen-bond donors (Lipinski definition) is 1. The van der Waals surface area contributed by atoms with Gasteiger partial charge in [0.15, 0.2) is 0 Å². The van der Waals surface area contributed by atoms with E-state index in [0.29, 0.717) is 11.1 Å². The Kier molecular flexibility index (Phi) is 4.84. The molecule has 9 nitrogen and oxygen atoms in total. The quantitative estimate of drug-likeness (QED) is 0.541. The van der Waals surface area contributed by atoms with Crippen LogP contribution in [-0.4, -0.2) is 20.7 Å². The van der Waals surface area contributed by atoms with Crippen molar-refractivity contribution < 1.29 is 14.6 Å². The van der Waals surface area contributed by atoms with Crippen LogP contribution in [0.15, 0.2) is 66.9 Å². The first kappa shape index (κ1) is 17.7. The van der Waals surface area contributed by atoms with Crippen LogP contribution in [0.25, 0.3) is 11.1 Å². The zero-order chi connectivity index (χ0) is 19.4. The average molecular weight is 364 g/mol. The van der Waals surface area contributed by atoms with Gasteiger partial charge in [-0.3, -0.25) is 25.0 Å². The Labute approximate surface area is 152 Å². The Hall–Kier alpha value is -4.14. The number of non-ortho nitro benzene ring substituents is 1. The summed E-state index contributed by atoms with van der Waals surface area (Å²) in [6, 6.07) is 15.1. The minimum atomic E-state index is -0.661. The van der Waals surface area contributed by atoms with Crippen molar-refractivity contribution in [3.05, 3.63) is 92.7 Å². The molecular formula is C18H12N4O5. The lowest BCUT2D eigenvalue weighted by Crippen LogP contribution is -2.14. The number of anilines is 1. The van der Waals surface area contributed by atoms with E-state index in [9.17, 15) is 25.0 Å². The Balaban J connectivity index is 1.96. The first-order valence-electron chi connectivity index (χ1n) is 7.72. The van der Waals surface area contributed by atoms with Crippen LogP contribution in [0.5, 0.6) is 0 Å². The molecule has 0 bridgehead atoms. The van der Waals surface area contributed by atoms with Crippen LogP contribution in [-0.2, 0) is 0 Å². The number of nitro groups is 2. The number of pyridine rings is 1. The molecule has 134 valence electrons. The van der Waals surface area contributed by atoms with Crippen LogP contribution in [0.2, 0.25) is 0 Å². The number of amides is 1. The van der Waals surface area contributed by atoms with Crippen molar-refractivity contribution >= 4 is 23.1 Å². The highest BCUT2D eigenvalue weighted by Gasteiger charge is 2.24. The standard InChI is InChI=1S/C18H12N4O5/c23-18(13-6-8-14(9-7-13)21(24)25)20-17-16(22(26)27)15(10-11-19-17)12-4-2-1-3-5-12/h1-11H,(H,19,20,23). The van der Waals surface area contributed by atoms with Gasteiger partial charge in [-0.1, -0.05) is 30.3 Å². The van der Waals surface area contributed by atoms with Crippen LogP contribution < -0.4 is 5.32 Å². The van der Waals surface area contributed by atoms with Gasteiger partial charge in [0.1, 0.15) is 0 Å². The molecule has 0 saturated heterocycles. The van der Waals surface area contributed by atoms with E-state index in [1.165, 1.54) is 36.5 Å². The number of nitrogens with one attached hydrogen (secondary N) is 1. The van der Waals surface area contributed by atoms with E-state index in [1.807, 2.05) is 0 Å². The second kappa shape index (κ2) is 7.40. The molecule has 0 aliphatic rings. The van der Waals surface area contributed by atoms with Crippen molar-refractivity contribution in [2.45, 2.75) is 0 Å². The fraction of sp³-hybridized carbons (Fsp3) is 0. The predicted molar refractivity (Wildman–Crippen MR) is 97.4 cm³/mol. The van der Waals surface area contributed by atoms with Crippen molar-refractivity contribution in [1.82, 2.24) is 4.98 Å². The first-order valence-corrected chi connectivity index (χ1v) is 7.72. The summed E-state index contributed by atoms with van der Waals surface area (Å²) in [6.07, 6.45) is 1.36. The molecule has 0 aliphatic carbocycles. The number of carbonyl (C=O) groups is 1. The molecule has 27 heavy (non-hydrogen) atoms. The topological polar surface area (TPSA) is 128 Å². The highest BCUT2D eigenvalue weighted by atomic mass is 16.6. The lowest BCUT2D eigenvalue weighted by Gasteiger charge is -2.09. The number of nitrogens with zero attached hydrogens (tertiary/aromatic N) is 3. The van der Waals surface area contributed by atoms with Gasteiger partial charge in [0.25, 0.3) is 11.6 Å². The molecule has 0 radical (unpaired) electrons. The van der Waals surface area contributed by atoms with Crippen molar-refractivity contribution in [3.8, 4) is 11.1 Å². The molecule has 9 heteroatoms. The fourth-order valence-electron chi connectivity index (χ4n) is 2.50. The number of aromatic nitrogens is 1. The molecule has 0 aliphatic heterocycles. The summed E-state index contributed by atoms with van der Waals surface area (Å²) in [4.78, 5) is 37.4. The molecular weight excluding hydrogens is 352 g/mol. The lowest BCUT2D eigenvalue weighted by molar-refractivity contribution is -0.384. The number of nitro benzene ring substituents is 1. The molecule has 3 rings (SSSR count). The van der Waals surface area contributed by atoms with E-state index in [0.717, 1.165) is 0 Å². The molecule has 1 amide bonds. The molecule has 0 atom stereocenters. The summed E-state index contributed by atoms with van der Waals surface area (Å²) in [5.74, 6) is -0.865. The largest absolute Gasteiger partial charge is 0.319 e. The van der Waals surface area contributed by atoms with Crippen LogP contribution in [0, 0.1) is 20.2 Å². The lowest BCUT2D eigenvalue weighted by atomic mass is 10.1. The van der Waals surface area contributed by atoms with Gasteiger partial charge >= 0.3 is 5.69 Å². The number of rotatable bonds is 5. The van der Waals surface area contributed by atoms with Crippen molar-refractivity contribution in [2.75, 3.05) is 5.32 Å². The van der Waals surface area contributed by atoms with Gasteiger partial charge in [0.2, 0.25) is 5.82 Å².